The van der Waals surface area contributed by atoms with E-state index in [1.807, 2.05) is 0 Å². The van der Waals surface area contributed by atoms with Crippen molar-refractivity contribution in [2.75, 3.05) is 20.6 Å². The van der Waals surface area contributed by atoms with E-state index in [-0.39, 0.29) is 23.3 Å². The highest BCUT2D eigenvalue weighted by Gasteiger charge is 2.52. The lowest BCUT2D eigenvalue weighted by molar-refractivity contribution is -0.139. The summed E-state index contributed by atoms with van der Waals surface area (Å²) in [6.45, 7) is 1.82. The lowest BCUT2D eigenvalue weighted by Gasteiger charge is -2.29. The van der Waals surface area contributed by atoms with Gasteiger partial charge < -0.3 is 9.80 Å². The van der Waals surface area contributed by atoms with Crippen LogP contribution in [0.25, 0.3) is 0 Å². The first-order valence-corrected chi connectivity index (χ1v) is 9.79. The van der Waals surface area contributed by atoms with Gasteiger partial charge in [-0.05, 0) is 31.5 Å². The van der Waals surface area contributed by atoms with Crippen LogP contribution in [0.1, 0.15) is 13.3 Å². The predicted octanol–water partition coefficient (Wildman–Crippen LogP) is 0.790. The number of benzene rings is 1. The van der Waals surface area contributed by atoms with Crippen molar-refractivity contribution < 1.29 is 18.0 Å². The molecule has 0 unspecified atom stereocenters. The molecular weight excluding hydrogens is 366 g/mol. The van der Waals surface area contributed by atoms with Gasteiger partial charge in [0.25, 0.3) is 0 Å². The third-order valence-corrected chi connectivity index (χ3v) is 7.22. The SMILES string of the molecule is C[C@H]1C(=O)N(C)[C@@H]2CCN(S(=O)(=O)c3cccc(Cl)c3)[C@@H]2C(=O)N1C. The Morgan fingerprint density at radius 1 is 1.12 bits per heavy atom. The molecule has 9 heteroatoms. The lowest BCUT2D eigenvalue weighted by atomic mass is 10.1. The minimum atomic E-state index is -3.90. The van der Waals surface area contributed by atoms with Gasteiger partial charge in [-0.3, -0.25) is 9.59 Å². The molecular formula is C16H20ClN3O4S. The fourth-order valence-electron chi connectivity index (χ4n) is 3.50. The minimum absolute atomic E-state index is 0.0439. The Morgan fingerprint density at radius 2 is 1.80 bits per heavy atom. The summed E-state index contributed by atoms with van der Waals surface area (Å²) in [7, 11) is -0.744. The zero-order valence-corrected chi connectivity index (χ0v) is 15.8. The fraction of sp³-hybridized carbons (Fsp3) is 0.500. The second-order valence-electron chi connectivity index (χ2n) is 6.45. The van der Waals surface area contributed by atoms with E-state index in [0.717, 1.165) is 0 Å². The number of sulfonamides is 1. The highest BCUT2D eigenvalue weighted by atomic mass is 35.5. The number of likely N-dealkylation sites (N-methyl/N-ethyl adjacent to an activating group) is 2. The van der Waals surface area contributed by atoms with Crippen molar-refractivity contribution in [3.8, 4) is 0 Å². The molecule has 2 aliphatic heterocycles. The van der Waals surface area contributed by atoms with Crippen LogP contribution in [-0.4, -0.2) is 73.1 Å². The monoisotopic (exact) mass is 385 g/mol. The van der Waals surface area contributed by atoms with E-state index in [9.17, 15) is 18.0 Å². The number of halogens is 1. The number of carbonyl (C=O) groups excluding carboxylic acids is 2. The molecule has 2 amide bonds. The van der Waals surface area contributed by atoms with Gasteiger partial charge in [-0.15, -0.1) is 0 Å². The normalized spacial score (nSPS) is 28.2. The molecule has 0 aromatic heterocycles. The average molecular weight is 386 g/mol. The number of carbonyl (C=O) groups is 2. The summed E-state index contributed by atoms with van der Waals surface area (Å²) in [5, 5.41) is 0.307. The Balaban J connectivity index is 2.05. The van der Waals surface area contributed by atoms with Crippen LogP contribution in [0.3, 0.4) is 0 Å². The summed E-state index contributed by atoms with van der Waals surface area (Å²) in [5.41, 5.74) is 0. The van der Waals surface area contributed by atoms with Gasteiger partial charge in [-0.25, -0.2) is 8.42 Å². The zero-order chi connectivity index (χ0) is 18.5. The second kappa shape index (κ2) is 6.26. The van der Waals surface area contributed by atoms with Crippen molar-refractivity contribution in [2.45, 2.75) is 36.4 Å². The molecule has 2 heterocycles. The van der Waals surface area contributed by atoms with E-state index < -0.39 is 28.1 Å². The number of amides is 2. The molecule has 7 nitrogen and oxygen atoms in total. The Hall–Kier alpha value is -1.64. The number of fused-ring (bicyclic) bond motifs is 1. The Morgan fingerprint density at radius 3 is 2.44 bits per heavy atom. The number of rotatable bonds is 2. The highest BCUT2D eigenvalue weighted by Crippen LogP contribution is 2.33. The molecule has 0 spiro atoms. The first-order valence-electron chi connectivity index (χ1n) is 7.97. The quantitative estimate of drug-likeness (QED) is 0.754. The largest absolute Gasteiger partial charge is 0.339 e. The average Bonchev–Trinajstić information content (AvgIpc) is 3.02. The van der Waals surface area contributed by atoms with Crippen LogP contribution in [0.4, 0.5) is 0 Å². The summed E-state index contributed by atoms with van der Waals surface area (Å²) in [6.07, 6.45) is 0.416. The molecule has 2 saturated heterocycles. The molecule has 0 radical (unpaired) electrons. The fourth-order valence-corrected chi connectivity index (χ4v) is 5.43. The summed E-state index contributed by atoms with van der Waals surface area (Å²) < 4.78 is 27.3. The minimum Gasteiger partial charge on any atom is -0.339 e. The van der Waals surface area contributed by atoms with Crippen molar-refractivity contribution >= 4 is 33.4 Å². The van der Waals surface area contributed by atoms with Crippen molar-refractivity contribution in [2.24, 2.45) is 0 Å². The standard InChI is InChI=1S/C16H20ClN3O4S/c1-10-15(21)19(3)13-7-8-20(14(13)16(22)18(10)2)25(23,24)12-6-4-5-11(17)9-12/h4-6,9-10,13-14H,7-8H2,1-3H3/t10-,13+,14-/m0/s1. The van der Waals surface area contributed by atoms with Crippen LogP contribution in [0, 0.1) is 0 Å². The number of nitrogens with zero attached hydrogens (tertiary/aromatic N) is 3. The first kappa shape index (κ1) is 18.2. The third-order valence-electron chi connectivity index (χ3n) is 5.11. The van der Waals surface area contributed by atoms with Crippen molar-refractivity contribution in [3.05, 3.63) is 29.3 Å². The summed E-state index contributed by atoms with van der Waals surface area (Å²) in [6, 6.07) is 3.95. The van der Waals surface area contributed by atoms with Crippen LogP contribution >= 0.6 is 11.6 Å². The lowest BCUT2D eigenvalue weighted by Crippen LogP contribution is -2.51. The molecule has 1 aromatic carbocycles. The van der Waals surface area contributed by atoms with Gasteiger partial charge in [0, 0.05) is 25.7 Å². The number of hydrogen-bond acceptors (Lipinski definition) is 4. The van der Waals surface area contributed by atoms with E-state index in [1.54, 1.807) is 26.1 Å². The molecule has 3 rings (SSSR count). The summed E-state index contributed by atoms with van der Waals surface area (Å²) in [4.78, 5) is 28.2. The van der Waals surface area contributed by atoms with Crippen molar-refractivity contribution in [1.82, 2.24) is 14.1 Å². The van der Waals surface area contributed by atoms with Crippen LogP contribution in [-0.2, 0) is 19.6 Å². The topological polar surface area (TPSA) is 78.0 Å². The van der Waals surface area contributed by atoms with Gasteiger partial charge in [0.1, 0.15) is 12.1 Å². The van der Waals surface area contributed by atoms with Gasteiger partial charge in [-0.2, -0.15) is 4.31 Å². The van der Waals surface area contributed by atoms with E-state index in [4.69, 9.17) is 11.6 Å². The molecule has 25 heavy (non-hydrogen) atoms. The second-order valence-corrected chi connectivity index (χ2v) is 8.78. The number of hydrogen-bond donors (Lipinski definition) is 0. The van der Waals surface area contributed by atoms with Crippen molar-refractivity contribution in [1.29, 1.82) is 0 Å². The third kappa shape index (κ3) is 2.82. The molecule has 3 atom stereocenters. The van der Waals surface area contributed by atoms with Gasteiger partial charge >= 0.3 is 0 Å². The Kier molecular flexibility index (Phi) is 4.55. The van der Waals surface area contributed by atoms with Crippen LogP contribution in [0.5, 0.6) is 0 Å². The molecule has 2 aliphatic rings. The molecule has 1 aromatic rings. The predicted molar refractivity (Wildman–Crippen MR) is 92.5 cm³/mol. The molecule has 136 valence electrons. The molecule has 2 fully saturated rings. The van der Waals surface area contributed by atoms with Gasteiger partial charge in [0.2, 0.25) is 21.8 Å². The molecule has 0 saturated carbocycles. The Bertz CT molecular complexity index is 828. The summed E-state index contributed by atoms with van der Waals surface area (Å²) in [5.74, 6) is -0.552. The van der Waals surface area contributed by atoms with Crippen LogP contribution < -0.4 is 0 Å². The first-order chi connectivity index (χ1) is 11.7. The van der Waals surface area contributed by atoms with Crippen LogP contribution in [0.2, 0.25) is 5.02 Å². The van der Waals surface area contributed by atoms with E-state index in [0.29, 0.717) is 11.4 Å². The Labute approximate surface area is 152 Å². The smallest absolute Gasteiger partial charge is 0.245 e. The van der Waals surface area contributed by atoms with Gasteiger partial charge in [0.05, 0.1) is 10.9 Å². The maximum atomic E-state index is 13.1. The van der Waals surface area contributed by atoms with E-state index in [2.05, 4.69) is 0 Å². The van der Waals surface area contributed by atoms with Gasteiger partial charge in [-0.1, -0.05) is 17.7 Å². The highest BCUT2D eigenvalue weighted by molar-refractivity contribution is 7.89. The molecule has 0 aliphatic carbocycles. The maximum Gasteiger partial charge on any atom is 0.245 e. The van der Waals surface area contributed by atoms with Crippen LogP contribution in [0.15, 0.2) is 29.2 Å². The van der Waals surface area contributed by atoms with Crippen molar-refractivity contribution in [3.63, 3.8) is 0 Å². The molecule has 0 N–H and O–H groups in total. The summed E-state index contributed by atoms with van der Waals surface area (Å²) >= 11 is 5.92. The van der Waals surface area contributed by atoms with Gasteiger partial charge in [0.15, 0.2) is 0 Å². The zero-order valence-electron chi connectivity index (χ0n) is 14.2. The maximum absolute atomic E-state index is 13.1. The van der Waals surface area contributed by atoms with E-state index >= 15 is 0 Å². The molecule has 0 bridgehead atoms. The van der Waals surface area contributed by atoms with E-state index in [1.165, 1.54) is 33.3 Å².